The van der Waals surface area contributed by atoms with E-state index in [9.17, 15) is 0 Å². The molecule has 0 bridgehead atoms. The molecule has 0 aliphatic heterocycles. The number of hydrogen-bond acceptors (Lipinski definition) is 0. The summed E-state index contributed by atoms with van der Waals surface area (Å²) in [4.78, 5) is 0. The van der Waals surface area contributed by atoms with Crippen LogP contribution in [0.15, 0.2) is 48.5 Å². The van der Waals surface area contributed by atoms with Crippen molar-refractivity contribution < 1.29 is 0 Å². The Kier molecular flexibility index (Phi) is 6.25. The summed E-state index contributed by atoms with van der Waals surface area (Å²) >= 11 is 24.9. The molecule has 0 atom stereocenters. The quantitative estimate of drug-likeness (QED) is 0.534. The Labute approximate surface area is 146 Å². The van der Waals surface area contributed by atoms with E-state index in [1.807, 2.05) is 30.3 Å². The van der Waals surface area contributed by atoms with Crippen LogP contribution >= 0.6 is 46.4 Å². The van der Waals surface area contributed by atoms with Crippen molar-refractivity contribution in [3.8, 4) is 0 Å². The maximum absolute atomic E-state index is 6.27. The Morgan fingerprint density at radius 2 is 1.48 bits per heavy atom. The van der Waals surface area contributed by atoms with Crippen molar-refractivity contribution in [2.75, 3.05) is 11.8 Å². The summed E-state index contributed by atoms with van der Waals surface area (Å²) < 4.78 is 0. The molecule has 4 heteroatoms. The second kappa shape index (κ2) is 7.74. The third-order valence-electron chi connectivity index (χ3n) is 3.56. The fourth-order valence-electron chi connectivity index (χ4n) is 2.40. The van der Waals surface area contributed by atoms with Crippen LogP contribution < -0.4 is 0 Å². The molecule has 112 valence electrons. The molecule has 2 aromatic carbocycles. The van der Waals surface area contributed by atoms with E-state index in [0.29, 0.717) is 28.2 Å². The molecule has 0 aliphatic rings. The third-order valence-corrected chi connectivity index (χ3v) is 5.30. The fraction of sp³-hybridized carbons (Fsp3) is 0.294. The first-order valence-corrected chi connectivity index (χ1v) is 8.51. The Morgan fingerprint density at radius 3 is 2.10 bits per heavy atom. The van der Waals surface area contributed by atoms with E-state index >= 15 is 0 Å². The molecule has 21 heavy (non-hydrogen) atoms. The van der Waals surface area contributed by atoms with Crippen molar-refractivity contribution in [1.29, 1.82) is 0 Å². The summed E-state index contributed by atoms with van der Waals surface area (Å²) in [6.07, 6.45) is 1.51. The molecule has 0 saturated heterocycles. The number of hydrogen-bond donors (Lipinski definition) is 0. The summed E-state index contributed by atoms with van der Waals surface area (Å²) in [7, 11) is 0. The highest BCUT2D eigenvalue weighted by atomic mass is 35.5. The number of alkyl halides is 2. The van der Waals surface area contributed by atoms with Gasteiger partial charge in [-0.25, -0.2) is 0 Å². The Bertz CT molecular complexity index is 577. The van der Waals surface area contributed by atoms with Crippen LogP contribution in [0.1, 0.15) is 11.1 Å². The van der Waals surface area contributed by atoms with Gasteiger partial charge in [-0.2, -0.15) is 0 Å². The highest BCUT2D eigenvalue weighted by Crippen LogP contribution is 2.34. The van der Waals surface area contributed by atoms with Crippen molar-refractivity contribution in [2.45, 2.75) is 12.8 Å². The molecular weight excluding hydrogens is 346 g/mol. The Hall–Kier alpha value is -0.400. The Morgan fingerprint density at radius 1 is 0.810 bits per heavy atom. The average molecular weight is 362 g/mol. The van der Waals surface area contributed by atoms with Crippen molar-refractivity contribution in [3.63, 3.8) is 0 Å². The minimum absolute atomic E-state index is 0.237. The lowest BCUT2D eigenvalue weighted by Crippen LogP contribution is -2.31. The lowest BCUT2D eigenvalue weighted by atomic mass is 9.79. The average Bonchev–Trinajstić information content (AvgIpc) is 2.51. The molecule has 0 fully saturated rings. The minimum Gasteiger partial charge on any atom is -0.126 e. The first-order chi connectivity index (χ1) is 10.1. The van der Waals surface area contributed by atoms with E-state index < -0.39 is 0 Å². The normalized spacial score (nSPS) is 11.6. The van der Waals surface area contributed by atoms with Gasteiger partial charge in [-0.15, -0.1) is 23.2 Å². The molecule has 2 aromatic rings. The largest absolute Gasteiger partial charge is 0.126 e. The zero-order valence-electron chi connectivity index (χ0n) is 11.5. The molecule has 0 amide bonds. The topological polar surface area (TPSA) is 0 Å². The van der Waals surface area contributed by atoms with Crippen LogP contribution in [0.4, 0.5) is 0 Å². The fourth-order valence-corrected chi connectivity index (χ4v) is 3.44. The second-order valence-corrected chi connectivity index (χ2v) is 6.72. The van der Waals surface area contributed by atoms with Gasteiger partial charge in [-0.05, 0) is 42.2 Å². The summed E-state index contributed by atoms with van der Waals surface area (Å²) in [5.74, 6) is 0.933. The second-order valence-electron chi connectivity index (χ2n) is 5.34. The van der Waals surface area contributed by atoms with Crippen molar-refractivity contribution >= 4 is 46.4 Å². The van der Waals surface area contributed by atoms with Gasteiger partial charge in [0.1, 0.15) is 0 Å². The third kappa shape index (κ3) is 4.53. The smallest absolute Gasteiger partial charge is 0.0439 e. The van der Waals surface area contributed by atoms with E-state index in [4.69, 9.17) is 46.4 Å². The SMILES string of the molecule is ClCC(CCl)(Cc1ccccc1)Cc1cc(Cl)ccc1Cl. The van der Waals surface area contributed by atoms with Crippen LogP contribution in [-0.2, 0) is 12.8 Å². The molecule has 0 aromatic heterocycles. The van der Waals surface area contributed by atoms with Crippen LogP contribution in [0.5, 0.6) is 0 Å². The molecule has 0 saturated carbocycles. The molecular formula is C17H16Cl4. The summed E-state index contributed by atoms with van der Waals surface area (Å²) in [6.45, 7) is 0. The van der Waals surface area contributed by atoms with Crippen LogP contribution in [0.2, 0.25) is 10.0 Å². The molecule has 0 N–H and O–H groups in total. The number of rotatable bonds is 6. The Balaban J connectivity index is 2.27. The monoisotopic (exact) mass is 360 g/mol. The van der Waals surface area contributed by atoms with Crippen LogP contribution in [0, 0.1) is 5.41 Å². The zero-order valence-corrected chi connectivity index (χ0v) is 14.5. The van der Waals surface area contributed by atoms with E-state index in [0.717, 1.165) is 12.0 Å². The van der Waals surface area contributed by atoms with E-state index in [2.05, 4.69) is 12.1 Å². The molecule has 2 rings (SSSR count). The summed E-state index contributed by atoms with van der Waals surface area (Å²) in [5, 5.41) is 1.37. The zero-order chi connectivity index (χ0) is 15.3. The van der Waals surface area contributed by atoms with Gasteiger partial charge in [0.25, 0.3) is 0 Å². The predicted octanol–water partition coefficient (Wildman–Crippen LogP) is 6.24. The maximum Gasteiger partial charge on any atom is 0.0439 e. The van der Waals surface area contributed by atoms with Crippen LogP contribution in [0.3, 0.4) is 0 Å². The summed E-state index contributed by atoms with van der Waals surface area (Å²) in [6, 6.07) is 15.7. The van der Waals surface area contributed by atoms with E-state index in [1.165, 1.54) is 5.56 Å². The summed E-state index contributed by atoms with van der Waals surface area (Å²) in [5.41, 5.74) is 1.97. The minimum atomic E-state index is -0.237. The molecule has 0 unspecified atom stereocenters. The first-order valence-electron chi connectivity index (χ1n) is 6.68. The van der Waals surface area contributed by atoms with Gasteiger partial charge in [-0.3, -0.25) is 0 Å². The maximum atomic E-state index is 6.27. The number of halogens is 4. The molecule has 0 spiro atoms. The van der Waals surface area contributed by atoms with Crippen molar-refractivity contribution in [3.05, 3.63) is 69.7 Å². The van der Waals surface area contributed by atoms with E-state index in [1.54, 1.807) is 6.07 Å². The molecule has 0 heterocycles. The van der Waals surface area contributed by atoms with Gasteiger partial charge in [0.05, 0.1) is 0 Å². The van der Waals surface area contributed by atoms with Gasteiger partial charge in [0.2, 0.25) is 0 Å². The van der Waals surface area contributed by atoms with Gasteiger partial charge in [-0.1, -0.05) is 53.5 Å². The predicted molar refractivity (Wildman–Crippen MR) is 94.2 cm³/mol. The highest BCUT2D eigenvalue weighted by molar-refractivity contribution is 6.33. The first kappa shape index (κ1) is 17.0. The van der Waals surface area contributed by atoms with Crippen LogP contribution in [-0.4, -0.2) is 11.8 Å². The molecule has 0 nitrogen and oxygen atoms in total. The van der Waals surface area contributed by atoms with E-state index in [-0.39, 0.29) is 5.41 Å². The van der Waals surface area contributed by atoms with Gasteiger partial charge >= 0.3 is 0 Å². The standard InChI is InChI=1S/C17H16Cl4/c18-11-17(12-19,9-13-4-2-1-3-5-13)10-14-8-15(20)6-7-16(14)21/h1-8H,9-12H2. The highest BCUT2D eigenvalue weighted by Gasteiger charge is 2.30. The van der Waals surface area contributed by atoms with Gasteiger partial charge in [0.15, 0.2) is 0 Å². The van der Waals surface area contributed by atoms with Crippen molar-refractivity contribution in [2.24, 2.45) is 5.41 Å². The van der Waals surface area contributed by atoms with Gasteiger partial charge in [0, 0.05) is 27.2 Å². The molecule has 0 aliphatic carbocycles. The van der Waals surface area contributed by atoms with Crippen LogP contribution in [0.25, 0.3) is 0 Å². The van der Waals surface area contributed by atoms with Gasteiger partial charge < -0.3 is 0 Å². The van der Waals surface area contributed by atoms with Crippen molar-refractivity contribution in [1.82, 2.24) is 0 Å². The number of benzene rings is 2. The lowest BCUT2D eigenvalue weighted by Gasteiger charge is -2.30. The lowest BCUT2D eigenvalue weighted by molar-refractivity contribution is 0.374. The molecule has 0 radical (unpaired) electrons.